The Morgan fingerprint density at radius 2 is 1.56 bits per heavy atom. The first kappa shape index (κ1) is 27.6. The highest BCUT2D eigenvalue weighted by atomic mass is 16.5. The number of nitrogens with zero attached hydrogens (tertiary/aromatic N) is 3. The van der Waals surface area contributed by atoms with E-state index in [9.17, 15) is 24.0 Å². The minimum absolute atomic E-state index is 0.132. The molecule has 0 atom stereocenters. The van der Waals surface area contributed by atoms with Gasteiger partial charge in [-0.25, -0.2) is 9.59 Å². The summed E-state index contributed by atoms with van der Waals surface area (Å²) in [7, 11) is 5.94. The van der Waals surface area contributed by atoms with Gasteiger partial charge >= 0.3 is 11.7 Å². The summed E-state index contributed by atoms with van der Waals surface area (Å²) < 4.78 is 12.6. The first-order chi connectivity index (χ1) is 17.1. The quantitative estimate of drug-likeness (QED) is 0.276. The van der Waals surface area contributed by atoms with Gasteiger partial charge in [0.1, 0.15) is 29.3 Å². The maximum atomic E-state index is 12.5. The van der Waals surface area contributed by atoms with Crippen LogP contribution in [0.15, 0.2) is 64.2 Å². The number of ketones is 1. The number of aromatic nitrogens is 2. The van der Waals surface area contributed by atoms with Crippen molar-refractivity contribution >= 4 is 24.0 Å². The average molecular weight is 497 g/mol. The Hall–Kier alpha value is -4.67. The third-order valence-corrected chi connectivity index (χ3v) is 4.88. The number of esters is 1. The van der Waals surface area contributed by atoms with E-state index in [4.69, 9.17) is 15.2 Å². The molecule has 1 heterocycles. The zero-order valence-corrected chi connectivity index (χ0v) is 20.5. The fraction of sp³-hybridized carbons (Fsp3) is 0.240. The van der Waals surface area contributed by atoms with Crippen LogP contribution in [0, 0.1) is 0 Å². The zero-order valence-electron chi connectivity index (χ0n) is 20.5. The predicted octanol–water partition coefficient (Wildman–Crippen LogP) is 0.989. The van der Waals surface area contributed by atoms with Crippen LogP contribution in [0.4, 0.5) is 5.82 Å². The molecule has 0 radical (unpaired) electrons. The number of hydrogen-bond donors (Lipinski definition) is 1. The van der Waals surface area contributed by atoms with Crippen LogP contribution in [-0.4, -0.2) is 52.9 Å². The van der Waals surface area contributed by atoms with Gasteiger partial charge in [-0.3, -0.25) is 23.5 Å². The second kappa shape index (κ2) is 12.7. The van der Waals surface area contributed by atoms with Crippen molar-refractivity contribution in [1.82, 2.24) is 14.0 Å². The lowest BCUT2D eigenvalue weighted by Gasteiger charge is -2.12. The molecule has 190 valence electrons. The average Bonchev–Trinajstić information content (AvgIpc) is 2.89. The number of Topliss-reactive ketones (excluding diaryl/α,β-unsaturated/α-hetero) is 1. The summed E-state index contributed by atoms with van der Waals surface area (Å²) in [4.78, 5) is 60.1. The summed E-state index contributed by atoms with van der Waals surface area (Å²) in [5.41, 5.74) is 4.88. The Labute approximate surface area is 207 Å². The van der Waals surface area contributed by atoms with E-state index in [1.165, 1.54) is 25.1 Å². The van der Waals surface area contributed by atoms with Crippen LogP contribution in [0.5, 0.6) is 5.75 Å². The van der Waals surface area contributed by atoms with E-state index in [1.807, 2.05) is 30.3 Å². The number of nitrogen functional groups attached to an aromatic ring is 1. The molecule has 0 bridgehead atoms. The van der Waals surface area contributed by atoms with Crippen LogP contribution in [0.25, 0.3) is 0 Å². The standard InChI is InChI=1S/C22H21N3O6.C3H7NO/c1-24-19(23)18(20(27)25(2)22(24)29)16(26)13-31-21(28)15-10-6-7-11-17(15)30-12-14-8-4-3-5-9-14;1-4(2)3-5/h3-11H,12-13,23H2,1-2H3;3H,1-2H3. The molecule has 11 heteroatoms. The first-order valence-electron chi connectivity index (χ1n) is 10.7. The minimum Gasteiger partial charge on any atom is -0.488 e. The van der Waals surface area contributed by atoms with Gasteiger partial charge in [0, 0.05) is 28.2 Å². The predicted molar refractivity (Wildman–Crippen MR) is 133 cm³/mol. The van der Waals surface area contributed by atoms with Gasteiger partial charge in [0.15, 0.2) is 6.61 Å². The lowest BCUT2D eigenvalue weighted by Crippen LogP contribution is -2.42. The number of anilines is 1. The van der Waals surface area contributed by atoms with E-state index in [-0.39, 0.29) is 18.0 Å². The number of para-hydroxylation sites is 1. The van der Waals surface area contributed by atoms with Crippen LogP contribution in [0.2, 0.25) is 0 Å². The van der Waals surface area contributed by atoms with Crippen LogP contribution in [0.3, 0.4) is 0 Å². The molecular weight excluding hydrogens is 468 g/mol. The Kier molecular flexibility index (Phi) is 9.73. The van der Waals surface area contributed by atoms with Gasteiger partial charge in [0.2, 0.25) is 12.2 Å². The Balaban J connectivity index is 0.000000830. The van der Waals surface area contributed by atoms with Crippen LogP contribution in [-0.2, 0) is 30.2 Å². The maximum absolute atomic E-state index is 12.5. The minimum atomic E-state index is -0.853. The third kappa shape index (κ3) is 6.92. The largest absolute Gasteiger partial charge is 0.488 e. The normalized spacial score (nSPS) is 10.0. The second-order valence-corrected chi connectivity index (χ2v) is 7.80. The van der Waals surface area contributed by atoms with Gasteiger partial charge in [-0.15, -0.1) is 0 Å². The molecule has 0 fully saturated rings. The van der Waals surface area contributed by atoms with Crippen LogP contribution in [0.1, 0.15) is 26.3 Å². The molecule has 1 amide bonds. The monoisotopic (exact) mass is 496 g/mol. The second-order valence-electron chi connectivity index (χ2n) is 7.80. The van der Waals surface area contributed by atoms with Gasteiger partial charge < -0.3 is 20.1 Å². The summed E-state index contributed by atoms with van der Waals surface area (Å²) >= 11 is 0. The van der Waals surface area contributed by atoms with Crippen molar-refractivity contribution in [2.24, 2.45) is 14.1 Å². The number of rotatable bonds is 8. The van der Waals surface area contributed by atoms with E-state index < -0.39 is 35.2 Å². The first-order valence-corrected chi connectivity index (χ1v) is 10.7. The highest BCUT2D eigenvalue weighted by molar-refractivity contribution is 6.02. The topological polar surface area (TPSA) is 143 Å². The number of amides is 1. The number of benzene rings is 2. The lowest BCUT2D eigenvalue weighted by molar-refractivity contribution is -0.115. The molecule has 0 saturated heterocycles. The van der Waals surface area contributed by atoms with Crippen molar-refractivity contribution in [3.05, 3.63) is 92.1 Å². The number of nitrogens with two attached hydrogens (primary N) is 1. The lowest BCUT2D eigenvalue weighted by atomic mass is 10.2. The number of ether oxygens (including phenoxy) is 2. The molecule has 0 saturated carbocycles. The molecule has 3 aromatic rings. The Morgan fingerprint density at radius 3 is 2.17 bits per heavy atom. The molecule has 0 spiro atoms. The van der Waals surface area contributed by atoms with Crippen molar-refractivity contribution in [2.45, 2.75) is 6.61 Å². The maximum Gasteiger partial charge on any atom is 0.342 e. The zero-order chi connectivity index (χ0) is 26.8. The fourth-order valence-electron chi connectivity index (χ4n) is 2.90. The molecule has 0 unspecified atom stereocenters. The summed E-state index contributed by atoms with van der Waals surface area (Å²) in [6.07, 6.45) is 0.750. The van der Waals surface area contributed by atoms with Gasteiger partial charge in [-0.05, 0) is 17.7 Å². The number of carbonyl (C=O) groups is 3. The van der Waals surface area contributed by atoms with E-state index in [0.29, 0.717) is 5.75 Å². The Bertz CT molecular complexity index is 1340. The van der Waals surface area contributed by atoms with E-state index >= 15 is 0 Å². The highest BCUT2D eigenvalue weighted by Crippen LogP contribution is 2.20. The molecule has 0 aliphatic carbocycles. The van der Waals surface area contributed by atoms with Gasteiger partial charge in [0.25, 0.3) is 5.56 Å². The molecule has 0 aliphatic rings. The molecule has 0 aliphatic heterocycles. The van der Waals surface area contributed by atoms with Crippen LogP contribution >= 0.6 is 0 Å². The molecular formula is C25H28N4O7. The van der Waals surface area contributed by atoms with Gasteiger partial charge in [0.05, 0.1) is 0 Å². The van der Waals surface area contributed by atoms with Gasteiger partial charge in [-0.1, -0.05) is 42.5 Å². The molecule has 11 nitrogen and oxygen atoms in total. The smallest absolute Gasteiger partial charge is 0.342 e. The highest BCUT2D eigenvalue weighted by Gasteiger charge is 2.22. The molecule has 2 aromatic carbocycles. The van der Waals surface area contributed by atoms with Crippen LogP contribution < -0.4 is 21.7 Å². The van der Waals surface area contributed by atoms with Crippen molar-refractivity contribution in [2.75, 3.05) is 26.4 Å². The summed E-state index contributed by atoms with van der Waals surface area (Å²) in [6, 6.07) is 15.9. The summed E-state index contributed by atoms with van der Waals surface area (Å²) in [5, 5.41) is 0. The van der Waals surface area contributed by atoms with Crippen molar-refractivity contribution in [3.8, 4) is 5.75 Å². The van der Waals surface area contributed by atoms with Crippen molar-refractivity contribution < 1.29 is 23.9 Å². The van der Waals surface area contributed by atoms with Gasteiger partial charge in [-0.2, -0.15) is 0 Å². The summed E-state index contributed by atoms with van der Waals surface area (Å²) in [6.45, 7) is -0.474. The molecule has 3 rings (SSSR count). The van der Waals surface area contributed by atoms with Crippen molar-refractivity contribution in [3.63, 3.8) is 0 Å². The van der Waals surface area contributed by atoms with E-state index in [2.05, 4.69) is 0 Å². The SMILES string of the molecule is CN(C)C=O.Cn1c(N)c(C(=O)COC(=O)c2ccccc2OCc2ccccc2)c(=O)n(C)c1=O. The Morgan fingerprint density at radius 1 is 0.972 bits per heavy atom. The van der Waals surface area contributed by atoms with Crippen molar-refractivity contribution in [1.29, 1.82) is 0 Å². The molecule has 2 N–H and O–H groups in total. The fourth-order valence-corrected chi connectivity index (χ4v) is 2.90. The number of carbonyl (C=O) groups excluding carboxylic acids is 3. The summed E-state index contributed by atoms with van der Waals surface area (Å²) in [5.74, 6) is -1.61. The third-order valence-electron chi connectivity index (χ3n) is 4.88. The van der Waals surface area contributed by atoms with E-state index in [1.54, 1.807) is 32.3 Å². The molecule has 36 heavy (non-hydrogen) atoms. The number of hydrogen-bond acceptors (Lipinski definition) is 8. The molecule has 1 aromatic heterocycles. The van der Waals surface area contributed by atoms with E-state index in [0.717, 1.165) is 21.1 Å².